The fourth-order valence-electron chi connectivity index (χ4n) is 8.64. The lowest BCUT2D eigenvalue weighted by molar-refractivity contribution is -0.0606. The molecule has 4 aliphatic rings. The molecule has 0 amide bonds. The van der Waals surface area contributed by atoms with Crippen LogP contribution in [0.15, 0.2) is 22.8 Å². The van der Waals surface area contributed by atoms with Crippen LogP contribution >= 0.6 is 0 Å². The molecule has 0 radical (unpaired) electrons. The highest BCUT2D eigenvalue weighted by atomic mass is 16.3. The Morgan fingerprint density at radius 3 is 2.50 bits per heavy atom. The Balaban J connectivity index is 1.64. The van der Waals surface area contributed by atoms with Crippen LogP contribution in [0, 0.1) is 34.0 Å². The minimum atomic E-state index is -0.281. The molecule has 2 nitrogen and oxygen atoms in total. The molecular formula is C28H46O2. The van der Waals surface area contributed by atoms with Gasteiger partial charge in [0.1, 0.15) is 0 Å². The molecule has 170 valence electrons. The van der Waals surface area contributed by atoms with Crippen molar-refractivity contribution >= 4 is 0 Å². The van der Waals surface area contributed by atoms with Gasteiger partial charge in [-0.3, -0.25) is 0 Å². The zero-order valence-corrected chi connectivity index (χ0v) is 20.4. The van der Waals surface area contributed by atoms with E-state index in [2.05, 4.69) is 47.6 Å². The van der Waals surface area contributed by atoms with E-state index >= 15 is 0 Å². The Kier molecular flexibility index (Phi) is 5.85. The van der Waals surface area contributed by atoms with Crippen molar-refractivity contribution in [2.24, 2.45) is 34.0 Å². The minimum Gasteiger partial charge on any atom is -0.393 e. The number of allylic oxidation sites excluding steroid dienone is 3. The van der Waals surface area contributed by atoms with E-state index in [0.29, 0.717) is 5.41 Å². The highest BCUT2D eigenvalue weighted by Gasteiger charge is 2.62. The standard InChI is InChI=1S/C28H46O2/c1-18(2)8-7-9-19(3)21-11-14-28(6)23-17-25(30)24-16-20(29)10-13-26(24,4)22(23)12-15-27(21,28)5/h8,19-21,24-25,29-30H,7,9-17H2,1-6H3/t19-,20+,21-,24-,25+,26-,27-,28+/m1/s1. The Morgan fingerprint density at radius 2 is 1.80 bits per heavy atom. The SMILES string of the molecule is CC(C)=CCC[C@@H](C)[C@H]1CC[C@@]2(C)C3=C(CC[C@]12C)[C@@]1(C)CC[C@H](O)C[C@@H]1[C@@H](O)C3. The van der Waals surface area contributed by atoms with E-state index in [1.54, 1.807) is 11.1 Å². The topological polar surface area (TPSA) is 40.5 Å². The Bertz CT molecular complexity index is 731. The largest absolute Gasteiger partial charge is 0.393 e. The van der Waals surface area contributed by atoms with Crippen molar-refractivity contribution in [1.29, 1.82) is 0 Å². The maximum atomic E-state index is 11.2. The zero-order chi connectivity index (χ0) is 21.9. The van der Waals surface area contributed by atoms with Crippen LogP contribution in [-0.2, 0) is 0 Å². The highest BCUT2D eigenvalue weighted by molar-refractivity contribution is 5.39. The van der Waals surface area contributed by atoms with Gasteiger partial charge in [0.2, 0.25) is 0 Å². The van der Waals surface area contributed by atoms with Gasteiger partial charge in [-0.15, -0.1) is 0 Å². The molecule has 0 unspecified atom stereocenters. The first-order chi connectivity index (χ1) is 14.0. The monoisotopic (exact) mass is 414 g/mol. The van der Waals surface area contributed by atoms with Crippen molar-refractivity contribution in [2.75, 3.05) is 0 Å². The van der Waals surface area contributed by atoms with Crippen molar-refractivity contribution in [3.8, 4) is 0 Å². The number of fused-ring (bicyclic) bond motifs is 4. The van der Waals surface area contributed by atoms with E-state index in [9.17, 15) is 10.2 Å². The number of rotatable bonds is 4. The van der Waals surface area contributed by atoms with Gasteiger partial charge in [-0.25, -0.2) is 0 Å². The molecular weight excluding hydrogens is 368 g/mol. The summed E-state index contributed by atoms with van der Waals surface area (Å²) in [5.41, 5.74) is 5.46. The Morgan fingerprint density at radius 1 is 1.07 bits per heavy atom. The van der Waals surface area contributed by atoms with E-state index in [4.69, 9.17) is 0 Å². The van der Waals surface area contributed by atoms with Crippen molar-refractivity contribution in [2.45, 2.75) is 118 Å². The first kappa shape index (κ1) is 22.6. The lowest BCUT2D eigenvalue weighted by atomic mass is 9.46. The summed E-state index contributed by atoms with van der Waals surface area (Å²) in [4.78, 5) is 0. The molecule has 4 rings (SSSR count). The fourth-order valence-corrected chi connectivity index (χ4v) is 8.64. The third-order valence-electron chi connectivity index (χ3n) is 10.7. The summed E-state index contributed by atoms with van der Waals surface area (Å²) in [6.45, 7) is 14.5. The molecule has 0 saturated heterocycles. The van der Waals surface area contributed by atoms with Crippen LogP contribution in [0.1, 0.15) is 106 Å². The Hall–Kier alpha value is -0.600. The van der Waals surface area contributed by atoms with Crippen LogP contribution in [0.4, 0.5) is 0 Å². The lowest BCUT2D eigenvalue weighted by Crippen LogP contribution is -2.53. The van der Waals surface area contributed by atoms with Crippen LogP contribution < -0.4 is 0 Å². The van der Waals surface area contributed by atoms with Gasteiger partial charge in [0.15, 0.2) is 0 Å². The summed E-state index contributed by atoms with van der Waals surface area (Å²) < 4.78 is 0. The van der Waals surface area contributed by atoms with Crippen LogP contribution in [0.25, 0.3) is 0 Å². The highest BCUT2D eigenvalue weighted by Crippen LogP contribution is 2.71. The van der Waals surface area contributed by atoms with Gasteiger partial charge in [-0.2, -0.15) is 0 Å². The lowest BCUT2D eigenvalue weighted by Gasteiger charge is -2.59. The molecule has 0 aliphatic heterocycles. The molecule has 4 aliphatic carbocycles. The number of hydrogen-bond acceptors (Lipinski definition) is 2. The molecule has 2 N–H and O–H groups in total. The molecule has 0 aromatic heterocycles. The molecule has 8 atom stereocenters. The van der Waals surface area contributed by atoms with E-state index in [0.717, 1.165) is 37.5 Å². The first-order valence-electron chi connectivity index (χ1n) is 12.8. The predicted octanol–water partition coefficient (Wildman–Crippen LogP) is 6.81. The van der Waals surface area contributed by atoms with Crippen LogP contribution in [-0.4, -0.2) is 22.4 Å². The van der Waals surface area contributed by atoms with Crippen molar-refractivity contribution < 1.29 is 10.2 Å². The quantitative estimate of drug-likeness (QED) is 0.496. The summed E-state index contributed by atoms with van der Waals surface area (Å²) in [5, 5.41) is 21.5. The second-order valence-corrected chi connectivity index (χ2v) is 12.4. The molecule has 0 spiro atoms. The van der Waals surface area contributed by atoms with Crippen LogP contribution in [0.2, 0.25) is 0 Å². The fraction of sp³-hybridized carbons (Fsp3) is 0.857. The molecule has 2 saturated carbocycles. The second kappa shape index (κ2) is 7.77. The van der Waals surface area contributed by atoms with Crippen molar-refractivity contribution in [1.82, 2.24) is 0 Å². The van der Waals surface area contributed by atoms with E-state index < -0.39 is 0 Å². The zero-order valence-electron chi connectivity index (χ0n) is 20.4. The number of aliphatic hydroxyl groups excluding tert-OH is 2. The third-order valence-corrected chi connectivity index (χ3v) is 10.7. The number of aliphatic hydroxyl groups is 2. The van der Waals surface area contributed by atoms with Gasteiger partial charge >= 0.3 is 0 Å². The van der Waals surface area contributed by atoms with Gasteiger partial charge in [0.25, 0.3) is 0 Å². The summed E-state index contributed by atoms with van der Waals surface area (Å²) >= 11 is 0. The second-order valence-electron chi connectivity index (χ2n) is 12.4. The molecule has 2 fully saturated rings. The summed E-state index contributed by atoms with van der Waals surface area (Å²) in [7, 11) is 0. The molecule has 2 heteroatoms. The molecule has 30 heavy (non-hydrogen) atoms. The normalized spacial score (nSPS) is 46.7. The third kappa shape index (κ3) is 3.27. The summed E-state index contributed by atoms with van der Waals surface area (Å²) in [6.07, 6.45) is 13.1. The average molecular weight is 415 g/mol. The maximum Gasteiger partial charge on any atom is 0.0615 e. The average Bonchev–Trinajstić information content (AvgIpc) is 2.95. The van der Waals surface area contributed by atoms with E-state index in [1.165, 1.54) is 44.1 Å². The minimum absolute atomic E-state index is 0.101. The summed E-state index contributed by atoms with van der Waals surface area (Å²) in [5.74, 6) is 1.79. The molecule has 0 aromatic rings. The summed E-state index contributed by atoms with van der Waals surface area (Å²) in [6, 6.07) is 0. The maximum absolute atomic E-state index is 11.2. The van der Waals surface area contributed by atoms with Gasteiger partial charge in [-0.1, -0.05) is 50.5 Å². The van der Waals surface area contributed by atoms with Gasteiger partial charge < -0.3 is 10.2 Å². The van der Waals surface area contributed by atoms with Crippen molar-refractivity contribution in [3.05, 3.63) is 22.8 Å². The molecule has 0 heterocycles. The van der Waals surface area contributed by atoms with Gasteiger partial charge in [0.05, 0.1) is 12.2 Å². The first-order valence-corrected chi connectivity index (χ1v) is 12.8. The van der Waals surface area contributed by atoms with Crippen LogP contribution in [0.5, 0.6) is 0 Å². The molecule has 0 bridgehead atoms. The van der Waals surface area contributed by atoms with Crippen LogP contribution in [0.3, 0.4) is 0 Å². The van der Waals surface area contributed by atoms with E-state index in [-0.39, 0.29) is 29.0 Å². The number of hydrogen-bond donors (Lipinski definition) is 2. The predicted molar refractivity (Wildman–Crippen MR) is 125 cm³/mol. The van der Waals surface area contributed by atoms with Gasteiger partial charge in [0, 0.05) is 0 Å². The van der Waals surface area contributed by atoms with Gasteiger partial charge in [-0.05, 0) is 112 Å². The molecule has 0 aromatic carbocycles. The van der Waals surface area contributed by atoms with Crippen molar-refractivity contribution in [3.63, 3.8) is 0 Å². The smallest absolute Gasteiger partial charge is 0.0615 e. The Labute approximate surface area is 185 Å². The van der Waals surface area contributed by atoms with E-state index in [1.807, 2.05) is 0 Å².